The number of sulfonamides is 1. The number of hydrogen-bond acceptors (Lipinski definition) is 7. The molecule has 0 aliphatic carbocycles. The molecule has 9 nitrogen and oxygen atoms in total. The minimum atomic E-state index is -3.84. The third-order valence-electron chi connectivity index (χ3n) is 4.63. The number of nitrogens with one attached hydrogen (secondary N) is 2. The number of allylic oxidation sites excluding steroid dienone is 1. The van der Waals surface area contributed by atoms with Gasteiger partial charge in [-0.1, -0.05) is 38.1 Å². The Hall–Kier alpha value is -2.76. The third-order valence-corrected chi connectivity index (χ3v) is 6.34. The number of carbonyl (C=O) groups excluding carboxylic acids is 2. The zero-order valence-corrected chi connectivity index (χ0v) is 19.8. The van der Waals surface area contributed by atoms with E-state index in [1.54, 1.807) is 54.2 Å². The first kappa shape index (κ1) is 25.5. The van der Waals surface area contributed by atoms with Gasteiger partial charge in [0.25, 0.3) is 0 Å². The van der Waals surface area contributed by atoms with Crippen molar-refractivity contribution in [2.24, 2.45) is 17.8 Å². The predicted molar refractivity (Wildman–Crippen MR) is 124 cm³/mol. The van der Waals surface area contributed by atoms with Crippen LogP contribution >= 0.6 is 11.3 Å². The Bertz CT molecular complexity index is 1010. The van der Waals surface area contributed by atoms with Gasteiger partial charge in [0.2, 0.25) is 21.8 Å². The predicted octanol–water partition coefficient (Wildman–Crippen LogP) is 2.83. The van der Waals surface area contributed by atoms with Crippen LogP contribution in [-0.2, 0) is 19.6 Å². The summed E-state index contributed by atoms with van der Waals surface area (Å²) < 4.78 is 25.5. The van der Waals surface area contributed by atoms with E-state index >= 15 is 0 Å². The van der Waals surface area contributed by atoms with E-state index in [-0.39, 0.29) is 18.0 Å². The second-order valence-electron chi connectivity index (χ2n) is 7.67. The average Bonchev–Trinajstić information content (AvgIpc) is 3.26. The van der Waals surface area contributed by atoms with Crippen LogP contribution in [0, 0.1) is 17.8 Å². The molecule has 11 heteroatoms. The number of hydrogen-bond donors (Lipinski definition) is 3. The summed E-state index contributed by atoms with van der Waals surface area (Å²) >= 11 is 1.42. The van der Waals surface area contributed by atoms with Crippen LogP contribution < -0.4 is 15.3 Å². The summed E-state index contributed by atoms with van der Waals surface area (Å²) in [6.07, 6.45) is 6.54. The van der Waals surface area contributed by atoms with Crippen molar-refractivity contribution < 1.29 is 23.2 Å². The molecule has 0 unspecified atom stereocenters. The van der Waals surface area contributed by atoms with E-state index in [0.717, 1.165) is 15.7 Å². The third kappa shape index (κ3) is 7.43. The van der Waals surface area contributed by atoms with Gasteiger partial charge < -0.3 is 0 Å². The van der Waals surface area contributed by atoms with E-state index in [9.17, 15) is 23.2 Å². The maximum Gasteiger partial charge on any atom is 0.249 e. The highest BCUT2D eigenvalue weighted by atomic mass is 32.2. The normalized spacial score (nSPS) is 13.7. The Morgan fingerprint density at radius 3 is 2.41 bits per heavy atom. The van der Waals surface area contributed by atoms with E-state index in [1.165, 1.54) is 11.3 Å². The maximum atomic E-state index is 13.2. The van der Waals surface area contributed by atoms with Crippen molar-refractivity contribution in [1.82, 2.24) is 15.9 Å². The quantitative estimate of drug-likeness (QED) is 0.335. The minimum absolute atomic E-state index is 0.0334. The Morgan fingerprint density at radius 1 is 1.19 bits per heavy atom. The molecule has 2 amide bonds. The molecule has 2 aromatic rings. The van der Waals surface area contributed by atoms with E-state index < -0.39 is 33.7 Å². The van der Waals surface area contributed by atoms with Crippen molar-refractivity contribution in [1.29, 1.82) is 0 Å². The van der Waals surface area contributed by atoms with Crippen LogP contribution in [0.3, 0.4) is 0 Å². The first-order valence-corrected chi connectivity index (χ1v) is 12.7. The lowest BCUT2D eigenvalue weighted by Crippen LogP contribution is -2.51. The van der Waals surface area contributed by atoms with E-state index in [0.29, 0.717) is 6.42 Å². The molecule has 0 aliphatic rings. The summed E-state index contributed by atoms with van der Waals surface area (Å²) in [6.45, 7) is 3.79. The van der Waals surface area contributed by atoms with E-state index in [4.69, 9.17) is 0 Å². The zero-order valence-electron chi connectivity index (χ0n) is 18.1. The fourth-order valence-electron chi connectivity index (χ4n) is 3.22. The average molecular weight is 481 g/mol. The van der Waals surface area contributed by atoms with Gasteiger partial charge in [-0.05, 0) is 37.0 Å². The lowest BCUT2D eigenvalue weighted by molar-refractivity contribution is -0.140. The number of hydrazine groups is 1. The molecule has 2 atom stereocenters. The summed E-state index contributed by atoms with van der Waals surface area (Å²) in [5.41, 5.74) is 4.35. The summed E-state index contributed by atoms with van der Waals surface area (Å²) in [5, 5.41) is 11.8. The van der Waals surface area contributed by atoms with Crippen LogP contribution in [0.2, 0.25) is 0 Å². The Balaban J connectivity index is 2.32. The molecule has 0 saturated heterocycles. The Labute approximate surface area is 192 Å². The van der Waals surface area contributed by atoms with Crippen LogP contribution in [-0.4, -0.2) is 36.7 Å². The molecule has 174 valence electrons. The largest absolute Gasteiger partial charge is 0.289 e. The first-order valence-electron chi connectivity index (χ1n) is 9.99. The molecule has 0 saturated carbocycles. The van der Waals surface area contributed by atoms with Crippen LogP contribution in [0.25, 0.3) is 6.08 Å². The number of rotatable bonds is 11. The van der Waals surface area contributed by atoms with Crippen molar-refractivity contribution >= 4 is 44.9 Å². The molecule has 2 rings (SSSR count). The molecular formula is C21H28N4O5S2. The topological polar surface area (TPSA) is 129 Å². The monoisotopic (exact) mass is 480 g/mol. The highest BCUT2D eigenvalue weighted by Gasteiger charge is 2.35. The SMILES string of the molecule is CC(C)C[C@@H](C(=O)NN(c1ccccc1)S(C)(=O)=O)[C@H](C/C=C/c1nccs1)C(=O)NO. The maximum absolute atomic E-state index is 13.2. The summed E-state index contributed by atoms with van der Waals surface area (Å²) in [7, 11) is -3.84. The molecule has 1 aromatic carbocycles. The highest BCUT2D eigenvalue weighted by molar-refractivity contribution is 7.92. The van der Waals surface area contributed by atoms with Gasteiger partial charge in [0.15, 0.2) is 0 Å². The van der Waals surface area contributed by atoms with Gasteiger partial charge >= 0.3 is 0 Å². The van der Waals surface area contributed by atoms with Gasteiger partial charge in [0.1, 0.15) is 5.01 Å². The van der Waals surface area contributed by atoms with Gasteiger partial charge in [-0.2, -0.15) is 4.41 Å². The van der Waals surface area contributed by atoms with Gasteiger partial charge in [0, 0.05) is 11.6 Å². The lowest BCUT2D eigenvalue weighted by Gasteiger charge is -2.29. The molecule has 0 bridgehead atoms. The number of nitrogens with zero attached hydrogens (tertiary/aromatic N) is 2. The van der Waals surface area contributed by atoms with Crippen molar-refractivity contribution in [2.45, 2.75) is 26.7 Å². The van der Waals surface area contributed by atoms with Crippen LogP contribution in [0.1, 0.15) is 31.7 Å². The van der Waals surface area contributed by atoms with Crippen LogP contribution in [0.4, 0.5) is 5.69 Å². The van der Waals surface area contributed by atoms with Crippen LogP contribution in [0.5, 0.6) is 0 Å². The van der Waals surface area contributed by atoms with Gasteiger partial charge in [0.05, 0.1) is 23.8 Å². The van der Waals surface area contributed by atoms with E-state index in [2.05, 4.69) is 10.4 Å². The molecule has 0 aliphatic heterocycles. The molecule has 0 radical (unpaired) electrons. The van der Waals surface area contributed by atoms with Gasteiger partial charge in [-0.3, -0.25) is 20.2 Å². The van der Waals surface area contributed by atoms with Gasteiger partial charge in [-0.25, -0.2) is 18.9 Å². The fourth-order valence-corrected chi connectivity index (χ4v) is 4.53. The van der Waals surface area contributed by atoms with Crippen molar-refractivity contribution in [2.75, 3.05) is 10.7 Å². The van der Waals surface area contributed by atoms with Crippen molar-refractivity contribution in [3.05, 3.63) is 53.0 Å². The number of anilines is 1. The van der Waals surface area contributed by atoms with Crippen LogP contribution in [0.15, 0.2) is 48.0 Å². The van der Waals surface area contributed by atoms with E-state index in [1.807, 2.05) is 19.2 Å². The zero-order chi connectivity index (χ0) is 23.7. The second kappa shape index (κ2) is 11.7. The summed E-state index contributed by atoms with van der Waals surface area (Å²) in [5.74, 6) is -3.14. The Kier molecular flexibility index (Phi) is 9.36. The second-order valence-corrected chi connectivity index (χ2v) is 10.4. The molecule has 3 N–H and O–H groups in total. The molecule has 0 spiro atoms. The fraction of sp³-hybridized carbons (Fsp3) is 0.381. The molecule has 32 heavy (non-hydrogen) atoms. The number of hydroxylamine groups is 1. The highest BCUT2D eigenvalue weighted by Crippen LogP contribution is 2.26. The molecular weight excluding hydrogens is 452 g/mol. The number of amides is 2. The summed E-state index contributed by atoms with van der Waals surface area (Å²) in [6, 6.07) is 8.12. The first-order chi connectivity index (χ1) is 15.1. The molecule has 1 heterocycles. The number of benzene rings is 1. The number of thiazole rings is 1. The number of carbonyl (C=O) groups is 2. The number of para-hydroxylation sites is 1. The smallest absolute Gasteiger partial charge is 0.249 e. The standard InChI is InChI=1S/C21H28N4O5S2/c1-15(2)14-18(17(21(27)24-28)10-7-11-19-22-12-13-31-19)20(26)23-25(32(3,29)30)16-8-5-4-6-9-16/h4-9,11-13,15,17-18,28H,10,14H2,1-3H3,(H,23,26)(H,24,27)/b11-7+/t17-,18+/m0/s1. The van der Waals surface area contributed by atoms with Crippen molar-refractivity contribution in [3.8, 4) is 0 Å². The molecule has 0 fully saturated rings. The lowest BCUT2D eigenvalue weighted by atomic mass is 9.82. The van der Waals surface area contributed by atoms with Gasteiger partial charge in [-0.15, -0.1) is 11.3 Å². The number of aromatic nitrogens is 1. The van der Waals surface area contributed by atoms with Crippen molar-refractivity contribution in [3.63, 3.8) is 0 Å². The minimum Gasteiger partial charge on any atom is -0.289 e. The molecule has 1 aromatic heterocycles. The Morgan fingerprint density at radius 2 is 1.88 bits per heavy atom. The summed E-state index contributed by atoms with van der Waals surface area (Å²) in [4.78, 5) is 29.8.